The lowest BCUT2D eigenvalue weighted by molar-refractivity contribution is 0.0316. The van der Waals surface area contributed by atoms with Crippen LogP contribution in [0.15, 0.2) is 24.3 Å². The normalized spacial score (nSPS) is 11.7. The smallest absolute Gasteiger partial charge is 0.339 e. The minimum absolute atomic E-state index is 0.0218. The molecule has 0 saturated heterocycles. The zero-order valence-electron chi connectivity index (χ0n) is 14.4. The lowest BCUT2D eigenvalue weighted by Gasteiger charge is -2.12. The summed E-state index contributed by atoms with van der Waals surface area (Å²) in [6.45, 7) is 4.73. The fourth-order valence-corrected chi connectivity index (χ4v) is 2.49. The van der Waals surface area contributed by atoms with Crippen LogP contribution in [0.3, 0.4) is 0 Å². The molecule has 0 spiro atoms. The number of hydrogen-bond acceptors (Lipinski definition) is 6. The number of carbonyl (C=O) groups excluding carboxylic acids is 3. The van der Waals surface area contributed by atoms with Crippen molar-refractivity contribution in [1.82, 2.24) is 4.98 Å². The number of aryl methyl sites for hydroxylation is 1. The number of H-pyrrole nitrogens is 1. The highest BCUT2D eigenvalue weighted by Crippen LogP contribution is 2.21. The number of esters is 2. The van der Waals surface area contributed by atoms with Gasteiger partial charge in [-0.3, -0.25) is 4.79 Å². The predicted octanol–water partition coefficient (Wildman–Crippen LogP) is 2.55. The molecule has 25 heavy (non-hydrogen) atoms. The summed E-state index contributed by atoms with van der Waals surface area (Å²) in [6.07, 6.45) is -1.05. The highest BCUT2D eigenvalue weighted by molar-refractivity contribution is 6.04. The molecule has 0 aliphatic carbocycles. The molecule has 2 N–H and O–H groups in total. The van der Waals surface area contributed by atoms with Crippen molar-refractivity contribution in [1.29, 1.82) is 0 Å². The zero-order valence-corrected chi connectivity index (χ0v) is 14.4. The molecule has 132 valence electrons. The number of Topliss-reactive ketones (excluding diaryl/α,β-unsaturated/α-hetero) is 1. The molecule has 0 unspecified atom stereocenters. The average Bonchev–Trinajstić information content (AvgIpc) is 2.88. The van der Waals surface area contributed by atoms with Crippen molar-refractivity contribution in [3.8, 4) is 5.75 Å². The quantitative estimate of drug-likeness (QED) is 0.637. The first-order valence-corrected chi connectivity index (χ1v) is 7.58. The van der Waals surface area contributed by atoms with Gasteiger partial charge in [0, 0.05) is 5.69 Å². The van der Waals surface area contributed by atoms with Crippen LogP contribution in [-0.4, -0.2) is 41.0 Å². The third kappa shape index (κ3) is 3.71. The molecular weight excluding hydrogens is 326 g/mol. The van der Waals surface area contributed by atoms with Crippen LogP contribution in [0, 0.1) is 13.8 Å². The fraction of sp³-hybridized carbons (Fsp3) is 0.278. The van der Waals surface area contributed by atoms with Crippen LogP contribution in [0.1, 0.15) is 49.4 Å². The molecule has 2 aromatic rings. The molecule has 2 rings (SSSR count). The van der Waals surface area contributed by atoms with E-state index in [1.54, 1.807) is 13.8 Å². The van der Waals surface area contributed by atoms with Crippen LogP contribution >= 0.6 is 0 Å². The molecule has 0 radical (unpaired) electrons. The maximum atomic E-state index is 12.6. The first kappa shape index (κ1) is 18.3. The maximum absolute atomic E-state index is 12.6. The van der Waals surface area contributed by atoms with Gasteiger partial charge in [0.15, 0.2) is 6.10 Å². The van der Waals surface area contributed by atoms with Crippen LogP contribution < -0.4 is 0 Å². The summed E-state index contributed by atoms with van der Waals surface area (Å²) in [5, 5.41) is 9.23. The largest absolute Gasteiger partial charge is 0.508 e. The van der Waals surface area contributed by atoms with E-state index in [4.69, 9.17) is 9.47 Å². The third-order valence-electron chi connectivity index (χ3n) is 3.83. The molecule has 0 bridgehead atoms. The number of benzene rings is 1. The van der Waals surface area contributed by atoms with Crippen molar-refractivity contribution in [2.24, 2.45) is 0 Å². The number of aromatic hydroxyl groups is 1. The Labute approximate surface area is 144 Å². The summed E-state index contributed by atoms with van der Waals surface area (Å²) in [6, 6.07) is 5.50. The maximum Gasteiger partial charge on any atom is 0.339 e. The van der Waals surface area contributed by atoms with Crippen molar-refractivity contribution in [2.75, 3.05) is 7.11 Å². The Bertz CT molecular complexity index is 819. The predicted molar refractivity (Wildman–Crippen MR) is 88.9 cm³/mol. The van der Waals surface area contributed by atoms with E-state index in [-0.39, 0.29) is 17.0 Å². The summed E-state index contributed by atoms with van der Waals surface area (Å²) in [7, 11) is 1.26. The van der Waals surface area contributed by atoms with Gasteiger partial charge in [0.25, 0.3) is 0 Å². The average molecular weight is 345 g/mol. The lowest BCUT2D eigenvalue weighted by atomic mass is 10.1. The van der Waals surface area contributed by atoms with Gasteiger partial charge < -0.3 is 19.6 Å². The first-order chi connectivity index (χ1) is 11.8. The Hall–Kier alpha value is -3.09. The van der Waals surface area contributed by atoms with E-state index >= 15 is 0 Å². The van der Waals surface area contributed by atoms with Gasteiger partial charge in [0.05, 0.1) is 23.9 Å². The molecule has 0 fully saturated rings. The minimum Gasteiger partial charge on any atom is -0.508 e. The SMILES string of the molecule is COC(=O)c1c(C)[nH]c(C(=O)[C@H](C)OC(=O)c2ccc(O)cc2)c1C. The molecule has 1 aromatic carbocycles. The molecular formula is C18H19NO6. The Morgan fingerprint density at radius 1 is 1.08 bits per heavy atom. The van der Waals surface area contributed by atoms with Crippen molar-refractivity contribution in [3.05, 3.63) is 52.3 Å². The number of methoxy groups -OCH3 is 1. The van der Waals surface area contributed by atoms with Crippen molar-refractivity contribution < 1.29 is 29.0 Å². The number of carbonyl (C=O) groups is 3. The van der Waals surface area contributed by atoms with Crippen LogP contribution in [-0.2, 0) is 9.47 Å². The molecule has 7 nitrogen and oxygen atoms in total. The van der Waals surface area contributed by atoms with Gasteiger partial charge in [-0.05, 0) is 50.6 Å². The number of nitrogens with one attached hydrogen (secondary N) is 1. The number of phenols is 1. The fourth-order valence-electron chi connectivity index (χ4n) is 2.49. The lowest BCUT2D eigenvalue weighted by Crippen LogP contribution is -2.25. The second-order valence-electron chi connectivity index (χ2n) is 5.58. The molecule has 7 heteroatoms. The van der Waals surface area contributed by atoms with Gasteiger partial charge in [0.2, 0.25) is 5.78 Å². The number of ketones is 1. The summed E-state index contributed by atoms with van der Waals surface area (Å²) >= 11 is 0. The first-order valence-electron chi connectivity index (χ1n) is 7.58. The molecule has 1 aromatic heterocycles. The van der Waals surface area contributed by atoms with Gasteiger partial charge in [-0.1, -0.05) is 0 Å². The number of rotatable bonds is 5. The highest BCUT2D eigenvalue weighted by Gasteiger charge is 2.27. The van der Waals surface area contributed by atoms with E-state index < -0.39 is 23.8 Å². The zero-order chi connectivity index (χ0) is 18.7. The number of hydrogen-bond donors (Lipinski definition) is 2. The van der Waals surface area contributed by atoms with Crippen molar-refractivity contribution in [3.63, 3.8) is 0 Å². The summed E-state index contributed by atoms with van der Waals surface area (Å²) in [4.78, 5) is 39.3. The number of ether oxygens (including phenoxy) is 2. The number of phenolic OH excluding ortho intramolecular Hbond substituents is 1. The van der Waals surface area contributed by atoms with Gasteiger partial charge >= 0.3 is 11.9 Å². The van der Waals surface area contributed by atoms with E-state index in [1.165, 1.54) is 38.3 Å². The van der Waals surface area contributed by atoms with Gasteiger partial charge in [0.1, 0.15) is 5.75 Å². The topological polar surface area (TPSA) is 106 Å². The van der Waals surface area contributed by atoms with Crippen LogP contribution in [0.25, 0.3) is 0 Å². The standard InChI is InChI=1S/C18H19NO6/c1-9-14(18(23)24-4)10(2)19-15(9)16(21)11(3)25-17(22)12-5-7-13(20)8-6-12/h5-8,11,19-20H,1-4H3/t11-/m0/s1. The highest BCUT2D eigenvalue weighted by atomic mass is 16.5. The molecule has 0 aliphatic heterocycles. The molecule has 0 aliphatic rings. The van der Waals surface area contributed by atoms with E-state index in [0.717, 1.165) is 0 Å². The third-order valence-corrected chi connectivity index (χ3v) is 3.83. The molecule has 0 amide bonds. The molecule has 1 atom stereocenters. The van der Waals surface area contributed by atoms with Crippen LogP contribution in [0.4, 0.5) is 0 Å². The second-order valence-corrected chi connectivity index (χ2v) is 5.58. The second kappa shape index (κ2) is 7.21. The number of aromatic nitrogens is 1. The van der Waals surface area contributed by atoms with Crippen molar-refractivity contribution >= 4 is 17.7 Å². The van der Waals surface area contributed by atoms with E-state index in [9.17, 15) is 19.5 Å². The van der Waals surface area contributed by atoms with Gasteiger partial charge in [-0.2, -0.15) is 0 Å². The summed E-state index contributed by atoms with van der Waals surface area (Å²) in [5.41, 5.74) is 1.66. The Morgan fingerprint density at radius 3 is 2.24 bits per heavy atom. The van der Waals surface area contributed by atoms with Gasteiger partial charge in [-0.25, -0.2) is 9.59 Å². The Morgan fingerprint density at radius 2 is 1.68 bits per heavy atom. The monoisotopic (exact) mass is 345 g/mol. The van der Waals surface area contributed by atoms with Crippen molar-refractivity contribution in [2.45, 2.75) is 26.9 Å². The summed E-state index contributed by atoms with van der Waals surface area (Å²) < 4.78 is 9.88. The van der Waals surface area contributed by atoms with E-state index in [1.807, 2.05) is 0 Å². The molecule has 0 saturated carbocycles. The van der Waals surface area contributed by atoms with E-state index in [2.05, 4.69) is 4.98 Å². The van der Waals surface area contributed by atoms with Crippen LogP contribution in [0.5, 0.6) is 5.75 Å². The number of aromatic amines is 1. The molecule has 1 heterocycles. The van der Waals surface area contributed by atoms with E-state index in [0.29, 0.717) is 16.8 Å². The Balaban J connectivity index is 2.19. The summed E-state index contributed by atoms with van der Waals surface area (Å²) in [5.74, 6) is -1.66. The minimum atomic E-state index is -1.05. The van der Waals surface area contributed by atoms with Gasteiger partial charge in [-0.15, -0.1) is 0 Å². The Kier molecular flexibility index (Phi) is 5.26. The van der Waals surface area contributed by atoms with Crippen LogP contribution in [0.2, 0.25) is 0 Å².